The summed E-state index contributed by atoms with van der Waals surface area (Å²) >= 11 is 1.67. The van der Waals surface area contributed by atoms with E-state index in [-0.39, 0.29) is 11.9 Å². The summed E-state index contributed by atoms with van der Waals surface area (Å²) < 4.78 is 15.1. The van der Waals surface area contributed by atoms with Crippen LogP contribution in [-0.4, -0.2) is 14.5 Å². The van der Waals surface area contributed by atoms with Crippen LogP contribution in [0.3, 0.4) is 0 Å². The first-order valence-corrected chi connectivity index (χ1v) is 7.29. The van der Waals surface area contributed by atoms with Gasteiger partial charge >= 0.3 is 0 Å². The maximum atomic E-state index is 13.3. The third kappa shape index (κ3) is 2.06. The van der Waals surface area contributed by atoms with Gasteiger partial charge in [-0.1, -0.05) is 6.92 Å². The maximum Gasteiger partial charge on any atom is 0.201 e. The van der Waals surface area contributed by atoms with Crippen molar-refractivity contribution >= 4 is 28.3 Å². The van der Waals surface area contributed by atoms with E-state index in [4.69, 9.17) is 5.73 Å². The van der Waals surface area contributed by atoms with Crippen LogP contribution < -0.4 is 5.73 Å². The molecule has 0 spiro atoms. The summed E-state index contributed by atoms with van der Waals surface area (Å²) in [7, 11) is 0. The highest BCUT2D eigenvalue weighted by Crippen LogP contribution is 2.30. The van der Waals surface area contributed by atoms with Gasteiger partial charge in [0.2, 0.25) is 5.95 Å². The van der Waals surface area contributed by atoms with Crippen LogP contribution in [0.25, 0.3) is 11.0 Å². The third-order valence-corrected chi connectivity index (χ3v) is 4.66. The van der Waals surface area contributed by atoms with Crippen LogP contribution in [0.5, 0.6) is 0 Å². The number of fused-ring (bicyclic) bond motifs is 1. The van der Waals surface area contributed by atoms with Gasteiger partial charge < -0.3 is 10.3 Å². The van der Waals surface area contributed by atoms with E-state index in [1.54, 1.807) is 17.4 Å². The number of hydrogen-bond donors (Lipinski definition) is 1. The lowest BCUT2D eigenvalue weighted by molar-refractivity contribution is 0.628. The topological polar surface area (TPSA) is 56.7 Å². The normalized spacial score (nSPS) is 12.9. The second-order valence-electron chi connectivity index (χ2n) is 4.67. The van der Waals surface area contributed by atoms with Crippen molar-refractivity contribution in [3.63, 3.8) is 0 Å². The molecular formula is C14H15FN4S. The molecule has 3 rings (SSSR count). The first-order chi connectivity index (χ1) is 9.60. The summed E-state index contributed by atoms with van der Waals surface area (Å²) in [5, 5.41) is 0.983. The number of rotatable bonds is 3. The number of aromatic nitrogens is 3. The van der Waals surface area contributed by atoms with Crippen LogP contribution in [-0.2, 0) is 6.42 Å². The summed E-state index contributed by atoms with van der Waals surface area (Å²) in [5.41, 5.74) is 7.38. The van der Waals surface area contributed by atoms with Gasteiger partial charge in [0.25, 0.3) is 0 Å². The molecule has 3 aromatic rings. The average Bonchev–Trinajstić information content (AvgIpc) is 3.01. The lowest BCUT2D eigenvalue weighted by atomic mass is 10.2. The highest BCUT2D eigenvalue weighted by molar-refractivity contribution is 7.11. The lowest BCUT2D eigenvalue weighted by Gasteiger charge is -2.13. The van der Waals surface area contributed by atoms with Crippen LogP contribution in [0.4, 0.5) is 10.3 Å². The molecule has 20 heavy (non-hydrogen) atoms. The van der Waals surface area contributed by atoms with Crippen molar-refractivity contribution in [2.75, 3.05) is 5.73 Å². The molecule has 0 bridgehead atoms. The minimum atomic E-state index is -0.308. The lowest BCUT2D eigenvalue weighted by Crippen LogP contribution is -2.09. The summed E-state index contributed by atoms with van der Waals surface area (Å²) in [5.74, 6) is 0.0728. The monoisotopic (exact) mass is 290 g/mol. The molecule has 0 saturated carbocycles. The standard InChI is InChI=1S/C14H15FN4S/c1-3-10-7-17-13(20-10)8(2)19-12-5-4-9(15)6-11(12)18-14(19)16/h4-8H,3H2,1-2H3,(H2,16,18). The first-order valence-electron chi connectivity index (χ1n) is 6.47. The molecule has 0 saturated heterocycles. The first kappa shape index (κ1) is 13.1. The fraction of sp³-hybridized carbons (Fsp3) is 0.286. The van der Waals surface area contributed by atoms with Gasteiger partial charge in [0.1, 0.15) is 10.8 Å². The smallest absolute Gasteiger partial charge is 0.201 e. The number of nitrogen functional groups attached to an aromatic ring is 1. The second kappa shape index (κ2) is 4.86. The number of halogens is 1. The van der Waals surface area contributed by atoms with E-state index in [1.807, 2.05) is 17.7 Å². The molecule has 6 heteroatoms. The number of thiazole rings is 1. The molecule has 0 aliphatic heterocycles. The zero-order valence-corrected chi connectivity index (χ0v) is 12.1. The number of imidazole rings is 1. The second-order valence-corrected chi connectivity index (χ2v) is 5.81. The van der Waals surface area contributed by atoms with Crippen molar-refractivity contribution in [2.24, 2.45) is 0 Å². The number of anilines is 1. The van der Waals surface area contributed by atoms with E-state index in [0.29, 0.717) is 11.5 Å². The fourth-order valence-electron chi connectivity index (χ4n) is 2.29. The largest absolute Gasteiger partial charge is 0.369 e. The summed E-state index contributed by atoms with van der Waals surface area (Å²) in [6.45, 7) is 4.13. The fourth-order valence-corrected chi connectivity index (χ4v) is 3.19. The predicted octanol–water partition coefficient (Wildman–Crippen LogP) is 3.39. The van der Waals surface area contributed by atoms with Crippen molar-refractivity contribution in [3.05, 3.63) is 40.1 Å². The minimum Gasteiger partial charge on any atom is -0.369 e. The Kier molecular flexibility index (Phi) is 3.17. The van der Waals surface area contributed by atoms with E-state index in [1.165, 1.54) is 17.0 Å². The maximum absolute atomic E-state index is 13.3. The van der Waals surface area contributed by atoms with Gasteiger partial charge in [-0.15, -0.1) is 11.3 Å². The van der Waals surface area contributed by atoms with Crippen LogP contribution >= 0.6 is 11.3 Å². The Bertz CT molecular complexity index is 762. The molecule has 1 unspecified atom stereocenters. The summed E-state index contributed by atoms with van der Waals surface area (Å²) in [6.07, 6.45) is 2.86. The zero-order valence-electron chi connectivity index (χ0n) is 11.3. The van der Waals surface area contributed by atoms with E-state index < -0.39 is 0 Å². The van der Waals surface area contributed by atoms with Crippen LogP contribution in [0, 0.1) is 5.82 Å². The van der Waals surface area contributed by atoms with Gasteiger partial charge in [-0.2, -0.15) is 0 Å². The molecular weight excluding hydrogens is 275 g/mol. The van der Waals surface area contributed by atoms with Gasteiger partial charge in [-0.25, -0.2) is 14.4 Å². The molecule has 0 aliphatic rings. The molecule has 104 valence electrons. The van der Waals surface area contributed by atoms with Crippen LogP contribution in [0.1, 0.15) is 29.8 Å². The molecule has 4 nitrogen and oxygen atoms in total. The quantitative estimate of drug-likeness (QED) is 0.804. The van der Waals surface area contributed by atoms with Gasteiger partial charge in [-0.3, -0.25) is 0 Å². The molecule has 0 fully saturated rings. The van der Waals surface area contributed by atoms with Crippen molar-refractivity contribution in [2.45, 2.75) is 26.3 Å². The van der Waals surface area contributed by atoms with E-state index >= 15 is 0 Å². The van der Waals surface area contributed by atoms with E-state index in [0.717, 1.165) is 16.9 Å². The van der Waals surface area contributed by atoms with E-state index in [9.17, 15) is 4.39 Å². The van der Waals surface area contributed by atoms with Gasteiger partial charge in [-0.05, 0) is 25.5 Å². The number of nitrogens with two attached hydrogens (primary N) is 1. The molecule has 0 radical (unpaired) electrons. The molecule has 2 heterocycles. The third-order valence-electron chi connectivity index (χ3n) is 3.34. The highest BCUT2D eigenvalue weighted by atomic mass is 32.1. The van der Waals surface area contributed by atoms with Gasteiger partial charge in [0, 0.05) is 17.1 Å². The Morgan fingerprint density at radius 2 is 2.25 bits per heavy atom. The SMILES string of the molecule is CCc1cnc(C(C)n2c(N)nc3cc(F)ccc32)s1. The summed E-state index contributed by atoms with van der Waals surface area (Å²) in [6, 6.07) is 4.51. The summed E-state index contributed by atoms with van der Waals surface area (Å²) in [4.78, 5) is 9.91. The zero-order chi connectivity index (χ0) is 14.3. The number of benzene rings is 1. The van der Waals surface area contributed by atoms with Crippen LogP contribution in [0.2, 0.25) is 0 Å². The van der Waals surface area contributed by atoms with Gasteiger partial charge in [0.15, 0.2) is 0 Å². The van der Waals surface area contributed by atoms with Crippen molar-refractivity contribution in [3.8, 4) is 0 Å². The van der Waals surface area contributed by atoms with Crippen molar-refractivity contribution in [1.29, 1.82) is 0 Å². The Morgan fingerprint density at radius 1 is 1.45 bits per heavy atom. The van der Waals surface area contributed by atoms with E-state index in [2.05, 4.69) is 16.9 Å². The number of nitrogens with zero attached hydrogens (tertiary/aromatic N) is 3. The predicted molar refractivity (Wildman–Crippen MR) is 79.4 cm³/mol. The molecule has 0 aliphatic carbocycles. The van der Waals surface area contributed by atoms with Crippen LogP contribution in [0.15, 0.2) is 24.4 Å². The Labute approximate surface area is 120 Å². The number of hydrogen-bond acceptors (Lipinski definition) is 4. The molecule has 2 N–H and O–H groups in total. The Hall–Kier alpha value is -1.95. The van der Waals surface area contributed by atoms with Crippen molar-refractivity contribution < 1.29 is 4.39 Å². The average molecular weight is 290 g/mol. The molecule has 1 aromatic carbocycles. The Morgan fingerprint density at radius 3 is 2.95 bits per heavy atom. The molecule has 2 aromatic heterocycles. The highest BCUT2D eigenvalue weighted by Gasteiger charge is 2.18. The molecule has 0 amide bonds. The number of aryl methyl sites for hydroxylation is 1. The molecule has 1 atom stereocenters. The minimum absolute atomic E-state index is 0.0178. The van der Waals surface area contributed by atoms with Gasteiger partial charge in [0.05, 0.1) is 17.1 Å². The van der Waals surface area contributed by atoms with Crippen molar-refractivity contribution in [1.82, 2.24) is 14.5 Å². The Balaban J connectivity index is 2.11.